The van der Waals surface area contributed by atoms with E-state index in [1.165, 1.54) is 31.4 Å². The molecule has 0 radical (unpaired) electrons. The quantitative estimate of drug-likeness (QED) is 0.877. The van der Waals surface area contributed by atoms with Crippen molar-refractivity contribution < 1.29 is 8.42 Å². The van der Waals surface area contributed by atoms with Gasteiger partial charge >= 0.3 is 0 Å². The second kappa shape index (κ2) is 4.10. The van der Waals surface area contributed by atoms with Gasteiger partial charge < -0.3 is 5.73 Å². The number of aryl methyl sites for hydroxylation is 2. The molecule has 0 aliphatic heterocycles. The Bertz CT molecular complexity index is 527. The van der Waals surface area contributed by atoms with Crippen molar-refractivity contribution in [1.29, 1.82) is 0 Å². The number of fused-ring (bicyclic) bond motifs is 1. The molecule has 0 aromatic heterocycles. The molecule has 94 valence electrons. The first kappa shape index (κ1) is 12.6. The predicted octanol–water partition coefficient (Wildman–Crippen LogP) is 2.03. The van der Waals surface area contributed by atoms with Gasteiger partial charge in [0, 0.05) is 0 Å². The van der Waals surface area contributed by atoms with Gasteiger partial charge in [0.15, 0.2) is 9.84 Å². The summed E-state index contributed by atoms with van der Waals surface area (Å²) in [6.45, 7) is 3.06. The van der Waals surface area contributed by atoms with Crippen molar-refractivity contribution in [1.82, 2.24) is 0 Å². The molecule has 0 spiro atoms. The van der Waals surface area contributed by atoms with Gasteiger partial charge in [-0.3, -0.25) is 0 Å². The molecule has 0 unspecified atom stereocenters. The van der Waals surface area contributed by atoms with Crippen molar-refractivity contribution in [3.05, 3.63) is 29.3 Å². The predicted molar refractivity (Wildman–Crippen MR) is 68.5 cm³/mol. The van der Waals surface area contributed by atoms with Gasteiger partial charge in [-0.2, -0.15) is 0 Å². The average Bonchev–Trinajstić information content (AvgIpc) is 2.27. The molecule has 0 heterocycles. The lowest BCUT2D eigenvalue weighted by Crippen LogP contribution is -2.41. The Hall–Kier alpha value is -0.870. The van der Waals surface area contributed by atoms with Gasteiger partial charge in [-0.1, -0.05) is 6.07 Å². The third kappa shape index (κ3) is 2.24. The number of rotatable bonds is 2. The van der Waals surface area contributed by atoms with Gasteiger partial charge in [0.1, 0.15) is 4.87 Å². The molecule has 0 bridgehead atoms. The highest BCUT2D eigenvalue weighted by Crippen LogP contribution is 2.27. The minimum atomic E-state index is -3.43. The molecule has 2 N–H and O–H groups in total. The topological polar surface area (TPSA) is 60.2 Å². The second-order valence-corrected chi connectivity index (χ2v) is 7.77. The zero-order valence-corrected chi connectivity index (χ0v) is 11.2. The maximum absolute atomic E-state index is 12.2. The Morgan fingerprint density at radius 1 is 1.12 bits per heavy atom. The molecule has 1 aliphatic rings. The van der Waals surface area contributed by atoms with Crippen LogP contribution in [-0.4, -0.2) is 13.3 Å². The van der Waals surface area contributed by atoms with Crippen LogP contribution < -0.4 is 5.73 Å². The van der Waals surface area contributed by atoms with Crippen LogP contribution in [-0.2, 0) is 22.7 Å². The fraction of sp³-hybridized carbons (Fsp3) is 0.538. The summed E-state index contributed by atoms with van der Waals surface area (Å²) in [7, 11) is -3.43. The van der Waals surface area contributed by atoms with Crippen LogP contribution in [0.15, 0.2) is 23.1 Å². The summed E-state index contributed by atoms with van der Waals surface area (Å²) < 4.78 is 24.4. The fourth-order valence-corrected chi connectivity index (χ4v) is 3.33. The highest BCUT2D eigenvalue weighted by atomic mass is 32.2. The minimum Gasteiger partial charge on any atom is -0.313 e. The van der Waals surface area contributed by atoms with Crippen LogP contribution in [0.25, 0.3) is 0 Å². The lowest BCUT2D eigenvalue weighted by molar-refractivity contribution is 0.552. The maximum atomic E-state index is 12.2. The first-order valence-corrected chi connectivity index (χ1v) is 7.46. The van der Waals surface area contributed by atoms with E-state index >= 15 is 0 Å². The molecule has 0 saturated carbocycles. The van der Waals surface area contributed by atoms with Crippen molar-refractivity contribution >= 4 is 9.84 Å². The third-order valence-electron chi connectivity index (χ3n) is 3.32. The van der Waals surface area contributed by atoms with Crippen molar-refractivity contribution in [3.8, 4) is 0 Å². The van der Waals surface area contributed by atoms with Crippen LogP contribution in [0.2, 0.25) is 0 Å². The van der Waals surface area contributed by atoms with Gasteiger partial charge in [-0.05, 0) is 62.8 Å². The highest BCUT2D eigenvalue weighted by Gasteiger charge is 2.32. The number of hydrogen-bond donors (Lipinski definition) is 1. The van der Waals surface area contributed by atoms with Gasteiger partial charge in [0.25, 0.3) is 0 Å². The van der Waals surface area contributed by atoms with E-state index in [1.54, 1.807) is 12.1 Å². The molecule has 0 amide bonds. The Morgan fingerprint density at radius 2 is 1.71 bits per heavy atom. The smallest absolute Gasteiger partial charge is 0.196 e. The molecule has 17 heavy (non-hydrogen) atoms. The second-order valence-electron chi connectivity index (χ2n) is 5.24. The van der Waals surface area contributed by atoms with Crippen LogP contribution >= 0.6 is 0 Å². The summed E-state index contributed by atoms with van der Waals surface area (Å²) >= 11 is 0. The SMILES string of the molecule is CC(C)(N)S(=O)(=O)c1ccc2c(c1)CCCC2. The molecule has 3 nitrogen and oxygen atoms in total. The Balaban J connectivity index is 2.48. The molecule has 1 aromatic rings. The van der Waals surface area contributed by atoms with Gasteiger partial charge in [-0.15, -0.1) is 0 Å². The summed E-state index contributed by atoms with van der Waals surface area (Å²) in [5.41, 5.74) is 8.18. The summed E-state index contributed by atoms with van der Waals surface area (Å²) in [5, 5.41) is 0. The standard InChI is InChI=1S/C13H19NO2S/c1-13(2,14)17(15,16)12-8-7-10-5-3-4-6-11(10)9-12/h7-9H,3-6,14H2,1-2H3. The van der Waals surface area contributed by atoms with E-state index in [0.717, 1.165) is 19.3 Å². The molecule has 0 saturated heterocycles. The number of benzene rings is 1. The number of hydrogen-bond acceptors (Lipinski definition) is 3. The van der Waals surface area contributed by atoms with Gasteiger partial charge in [0.2, 0.25) is 0 Å². The molecule has 0 atom stereocenters. The monoisotopic (exact) mass is 253 g/mol. The molecule has 0 fully saturated rings. The van der Waals surface area contributed by atoms with Crippen LogP contribution in [0.3, 0.4) is 0 Å². The van der Waals surface area contributed by atoms with E-state index in [0.29, 0.717) is 4.90 Å². The Kier molecular flexibility index (Phi) is 3.04. The highest BCUT2D eigenvalue weighted by molar-refractivity contribution is 7.92. The fourth-order valence-electron chi connectivity index (χ4n) is 2.18. The lowest BCUT2D eigenvalue weighted by atomic mass is 9.92. The minimum absolute atomic E-state index is 0.352. The van der Waals surface area contributed by atoms with Crippen molar-refractivity contribution in [2.75, 3.05) is 0 Å². The molecule has 1 aromatic carbocycles. The molecule has 4 heteroatoms. The zero-order valence-electron chi connectivity index (χ0n) is 10.4. The van der Waals surface area contributed by atoms with E-state index in [9.17, 15) is 8.42 Å². The molecular formula is C13H19NO2S. The normalized spacial score (nSPS) is 16.6. The maximum Gasteiger partial charge on any atom is 0.196 e. The zero-order chi connectivity index (χ0) is 12.7. The average molecular weight is 253 g/mol. The van der Waals surface area contributed by atoms with E-state index in [2.05, 4.69) is 0 Å². The summed E-state index contributed by atoms with van der Waals surface area (Å²) in [4.78, 5) is -0.874. The summed E-state index contributed by atoms with van der Waals surface area (Å²) in [6, 6.07) is 5.43. The Labute approximate surface area is 103 Å². The first-order chi connectivity index (χ1) is 7.82. The summed E-state index contributed by atoms with van der Waals surface area (Å²) in [5.74, 6) is 0. The summed E-state index contributed by atoms with van der Waals surface area (Å²) in [6.07, 6.45) is 4.37. The number of sulfone groups is 1. The van der Waals surface area contributed by atoms with Gasteiger partial charge in [-0.25, -0.2) is 8.42 Å². The largest absolute Gasteiger partial charge is 0.313 e. The molecule has 1 aliphatic carbocycles. The van der Waals surface area contributed by atoms with Crippen LogP contribution in [0.5, 0.6) is 0 Å². The van der Waals surface area contributed by atoms with Crippen molar-refractivity contribution in [2.45, 2.75) is 49.3 Å². The van der Waals surface area contributed by atoms with E-state index < -0.39 is 14.7 Å². The molecule has 2 rings (SSSR count). The Morgan fingerprint density at radius 3 is 2.29 bits per heavy atom. The third-order valence-corrected chi connectivity index (χ3v) is 5.58. The lowest BCUT2D eigenvalue weighted by Gasteiger charge is -2.22. The van der Waals surface area contributed by atoms with Crippen LogP contribution in [0.4, 0.5) is 0 Å². The van der Waals surface area contributed by atoms with Crippen molar-refractivity contribution in [3.63, 3.8) is 0 Å². The van der Waals surface area contributed by atoms with Gasteiger partial charge in [0.05, 0.1) is 4.90 Å². The van der Waals surface area contributed by atoms with E-state index in [1.807, 2.05) is 6.07 Å². The number of nitrogens with two attached hydrogens (primary N) is 1. The van der Waals surface area contributed by atoms with E-state index in [4.69, 9.17) is 5.73 Å². The van der Waals surface area contributed by atoms with Crippen LogP contribution in [0.1, 0.15) is 37.8 Å². The van der Waals surface area contributed by atoms with Crippen molar-refractivity contribution in [2.24, 2.45) is 5.73 Å². The molecular weight excluding hydrogens is 234 g/mol. The first-order valence-electron chi connectivity index (χ1n) is 5.98. The van der Waals surface area contributed by atoms with Crippen LogP contribution in [0, 0.1) is 0 Å². The van der Waals surface area contributed by atoms with E-state index in [-0.39, 0.29) is 0 Å².